The average Bonchev–Trinajstić information content (AvgIpc) is 2.69. The summed E-state index contributed by atoms with van der Waals surface area (Å²) >= 11 is 0. The predicted molar refractivity (Wildman–Crippen MR) is 113 cm³/mol. The second-order valence-electron chi connectivity index (χ2n) is 6.72. The molecule has 1 aliphatic rings. The maximum Gasteiger partial charge on any atom is 0.150 e. The standard InChI is InChI=1S/C22H27N5/c1-2-3-12-26-19(13-15-8-10-16(14-23)11-9-15)20-17-6-4-5-7-18(17)27-22(25)21(20)24/h4-11,24,26H,2-3,12-14,23H2,1H3,(H2,25,27)/b20-19-,24-21?. The molecule has 2 aromatic rings. The molecule has 0 radical (unpaired) electrons. The van der Waals surface area contributed by atoms with Gasteiger partial charge in [0.05, 0.1) is 5.69 Å². The van der Waals surface area contributed by atoms with E-state index in [2.05, 4.69) is 41.5 Å². The van der Waals surface area contributed by atoms with E-state index in [0.717, 1.165) is 47.5 Å². The smallest absolute Gasteiger partial charge is 0.150 e. The largest absolute Gasteiger partial charge is 0.388 e. The number of unbranched alkanes of at least 4 members (excludes halogenated alkanes) is 1. The van der Waals surface area contributed by atoms with Crippen LogP contribution >= 0.6 is 0 Å². The van der Waals surface area contributed by atoms with E-state index in [1.807, 2.05) is 24.3 Å². The number of nitrogens with one attached hydrogen (secondary N) is 2. The number of amidine groups is 1. The third kappa shape index (κ3) is 4.26. The van der Waals surface area contributed by atoms with Gasteiger partial charge < -0.3 is 16.8 Å². The summed E-state index contributed by atoms with van der Waals surface area (Å²) in [6, 6.07) is 16.2. The highest BCUT2D eigenvalue weighted by Crippen LogP contribution is 2.33. The molecule has 0 unspecified atom stereocenters. The fraction of sp³-hybridized carbons (Fsp3) is 0.273. The van der Waals surface area contributed by atoms with Crippen molar-refractivity contribution < 1.29 is 0 Å². The monoisotopic (exact) mass is 361 g/mol. The molecule has 140 valence electrons. The Labute approximate surface area is 160 Å². The summed E-state index contributed by atoms with van der Waals surface area (Å²) in [4.78, 5) is 4.38. The van der Waals surface area contributed by atoms with Crippen LogP contribution in [0.4, 0.5) is 5.69 Å². The first kappa shape index (κ1) is 18.9. The topological polar surface area (TPSA) is 100 Å². The van der Waals surface area contributed by atoms with Crippen LogP contribution in [0.15, 0.2) is 59.2 Å². The first-order chi connectivity index (χ1) is 13.1. The lowest BCUT2D eigenvalue weighted by Crippen LogP contribution is -2.30. The Morgan fingerprint density at radius 3 is 2.48 bits per heavy atom. The van der Waals surface area contributed by atoms with Crippen molar-refractivity contribution in [3.05, 3.63) is 70.9 Å². The summed E-state index contributed by atoms with van der Waals surface area (Å²) in [5.41, 5.74) is 18.0. The van der Waals surface area contributed by atoms with Gasteiger partial charge in [-0.3, -0.25) is 5.41 Å². The van der Waals surface area contributed by atoms with E-state index < -0.39 is 0 Å². The number of benzene rings is 2. The normalized spacial score (nSPS) is 15.2. The van der Waals surface area contributed by atoms with Gasteiger partial charge in [-0.1, -0.05) is 55.8 Å². The molecule has 0 aliphatic carbocycles. The maximum absolute atomic E-state index is 8.55. The van der Waals surface area contributed by atoms with E-state index in [0.29, 0.717) is 13.0 Å². The third-order valence-corrected chi connectivity index (χ3v) is 4.73. The van der Waals surface area contributed by atoms with Gasteiger partial charge >= 0.3 is 0 Å². The van der Waals surface area contributed by atoms with Gasteiger partial charge in [0.1, 0.15) is 11.5 Å². The van der Waals surface area contributed by atoms with Crippen molar-refractivity contribution in [2.75, 3.05) is 6.54 Å². The summed E-state index contributed by atoms with van der Waals surface area (Å²) in [6.45, 7) is 3.57. The average molecular weight is 361 g/mol. The zero-order valence-corrected chi connectivity index (χ0v) is 15.8. The number of fused-ring (bicyclic) bond motifs is 1. The molecule has 0 aromatic heterocycles. The van der Waals surface area contributed by atoms with E-state index >= 15 is 0 Å². The summed E-state index contributed by atoms with van der Waals surface area (Å²) < 4.78 is 0. The van der Waals surface area contributed by atoms with Crippen LogP contribution in [-0.4, -0.2) is 18.1 Å². The van der Waals surface area contributed by atoms with Gasteiger partial charge in [-0.05, 0) is 23.6 Å². The number of rotatable bonds is 7. The van der Waals surface area contributed by atoms with Gasteiger partial charge in [0, 0.05) is 36.3 Å². The fourth-order valence-corrected chi connectivity index (χ4v) is 3.20. The Hall–Kier alpha value is -2.92. The van der Waals surface area contributed by atoms with Gasteiger partial charge in [0.25, 0.3) is 0 Å². The van der Waals surface area contributed by atoms with Gasteiger partial charge in [0.15, 0.2) is 0 Å². The van der Waals surface area contributed by atoms with Crippen molar-refractivity contribution in [1.82, 2.24) is 5.32 Å². The molecule has 5 heteroatoms. The SMILES string of the molecule is CCCCN/C(Cc1ccc(CN)cc1)=C1\C(=N)C(N)=Nc2ccccc21. The molecule has 0 saturated carbocycles. The van der Waals surface area contributed by atoms with E-state index in [1.54, 1.807) is 0 Å². The number of hydrogen-bond acceptors (Lipinski definition) is 5. The van der Waals surface area contributed by atoms with Gasteiger partial charge in [-0.25, -0.2) is 4.99 Å². The minimum Gasteiger partial charge on any atom is -0.388 e. The van der Waals surface area contributed by atoms with Crippen LogP contribution in [0.5, 0.6) is 0 Å². The van der Waals surface area contributed by atoms with Gasteiger partial charge in [0.2, 0.25) is 0 Å². The molecule has 0 bridgehead atoms. The number of nitrogens with two attached hydrogens (primary N) is 2. The minimum atomic E-state index is 0.261. The Bertz CT molecular complexity index is 878. The van der Waals surface area contributed by atoms with E-state index in [4.69, 9.17) is 16.9 Å². The lowest BCUT2D eigenvalue weighted by molar-refractivity contribution is 0.700. The van der Waals surface area contributed by atoms with E-state index in [1.165, 1.54) is 5.56 Å². The highest BCUT2D eigenvalue weighted by molar-refractivity contribution is 6.58. The van der Waals surface area contributed by atoms with Gasteiger partial charge in [-0.15, -0.1) is 0 Å². The van der Waals surface area contributed by atoms with Crippen molar-refractivity contribution in [2.45, 2.75) is 32.7 Å². The Morgan fingerprint density at radius 1 is 1.07 bits per heavy atom. The molecular weight excluding hydrogens is 334 g/mol. The highest BCUT2D eigenvalue weighted by atomic mass is 14.9. The van der Waals surface area contributed by atoms with Crippen LogP contribution in [0.25, 0.3) is 5.57 Å². The van der Waals surface area contributed by atoms with E-state index in [9.17, 15) is 0 Å². The number of hydrogen-bond donors (Lipinski definition) is 4. The molecule has 27 heavy (non-hydrogen) atoms. The first-order valence-corrected chi connectivity index (χ1v) is 9.41. The molecule has 0 fully saturated rings. The number of para-hydroxylation sites is 1. The summed E-state index contributed by atoms with van der Waals surface area (Å²) in [7, 11) is 0. The predicted octanol–water partition coefficient (Wildman–Crippen LogP) is 3.51. The molecule has 0 spiro atoms. The lowest BCUT2D eigenvalue weighted by atomic mass is 9.91. The molecule has 1 aliphatic heterocycles. The molecule has 2 aromatic carbocycles. The Balaban J connectivity index is 2.04. The van der Waals surface area contributed by atoms with Crippen molar-refractivity contribution >= 4 is 22.8 Å². The molecule has 1 heterocycles. The second kappa shape index (κ2) is 8.64. The maximum atomic E-state index is 8.55. The highest BCUT2D eigenvalue weighted by Gasteiger charge is 2.24. The van der Waals surface area contributed by atoms with Crippen molar-refractivity contribution in [3.8, 4) is 0 Å². The molecule has 5 nitrogen and oxygen atoms in total. The van der Waals surface area contributed by atoms with Crippen molar-refractivity contribution in [2.24, 2.45) is 16.5 Å². The van der Waals surface area contributed by atoms with E-state index in [-0.39, 0.29) is 11.5 Å². The third-order valence-electron chi connectivity index (χ3n) is 4.73. The zero-order valence-electron chi connectivity index (χ0n) is 15.8. The molecule has 0 saturated heterocycles. The van der Waals surface area contributed by atoms with Crippen LogP contribution in [0.3, 0.4) is 0 Å². The Morgan fingerprint density at radius 2 is 1.78 bits per heavy atom. The van der Waals surface area contributed by atoms with Crippen LogP contribution in [0.2, 0.25) is 0 Å². The summed E-state index contributed by atoms with van der Waals surface area (Å²) in [6.07, 6.45) is 2.88. The molecular formula is C22H27N5. The van der Waals surface area contributed by atoms with Crippen LogP contribution in [0, 0.1) is 5.41 Å². The Kier molecular flexibility index (Phi) is 6.04. The zero-order chi connectivity index (χ0) is 19.2. The van der Waals surface area contributed by atoms with Crippen molar-refractivity contribution in [3.63, 3.8) is 0 Å². The van der Waals surface area contributed by atoms with Crippen molar-refractivity contribution in [1.29, 1.82) is 5.41 Å². The molecule has 3 rings (SSSR count). The summed E-state index contributed by atoms with van der Waals surface area (Å²) in [5, 5.41) is 12.1. The van der Waals surface area contributed by atoms with Crippen LogP contribution < -0.4 is 16.8 Å². The van der Waals surface area contributed by atoms with Crippen LogP contribution in [0.1, 0.15) is 36.5 Å². The first-order valence-electron chi connectivity index (χ1n) is 9.41. The number of aliphatic imine (C=N–C) groups is 1. The fourth-order valence-electron chi connectivity index (χ4n) is 3.20. The second-order valence-corrected chi connectivity index (χ2v) is 6.72. The molecule has 6 N–H and O–H groups in total. The minimum absolute atomic E-state index is 0.261. The summed E-state index contributed by atoms with van der Waals surface area (Å²) in [5.74, 6) is 0.261. The molecule has 0 atom stereocenters. The lowest BCUT2D eigenvalue weighted by Gasteiger charge is -2.23. The van der Waals surface area contributed by atoms with Crippen LogP contribution in [-0.2, 0) is 13.0 Å². The molecule has 0 amide bonds. The number of nitrogens with zero attached hydrogens (tertiary/aromatic N) is 1. The van der Waals surface area contributed by atoms with Gasteiger partial charge in [-0.2, -0.15) is 0 Å². The quantitative estimate of drug-likeness (QED) is 0.568. The number of allylic oxidation sites excluding steroid dienone is 1.